The number of rotatable bonds is 8. The van der Waals surface area contributed by atoms with Crippen molar-refractivity contribution in [1.82, 2.24) is 10.6 Å². The molecule has 0 aromatic heterocycles. The zero-order valence-electron chi connectivity index (χ0n) is 14.0. The number of carbonyl (C=O) groups is 2. The largest absolute Gasteiger partial charge is 2.00 e. The Kier molecular flexibility index (Phi) is 15.3. The fourth-order valence-electron chi connectivity index (χ4n) is 0.881. The summed E-state index contributed by atoms with van der Waals surface area (Å²) in [4.78, 5) is 21.4. The van der Waals surface area contributed by atoms with Crippen LogP contribution in [0.5, 0.6) is 0 Å². The fourth-order valence-corrected chi connectivity index (χ4v) is 1.59. The predicted molar refractivity (Wildman–Crippen MR) is 90.5 cm³/mol. The van der Waals surface area contributed by atoms with E-state index < -0.39 is 43.6 Å². The summed E-state index contributed by atoms with van der Waals surface area (Å²) in [5.74, 6) is -2.07. The smallest absolute Gasteiger partial charge is 0.748 e. The zero-order valence-corrected chi connectivity index (χ0v) is 17.1. The first kappa shape index (κ1) is 28.8. The summed E-state index contributed by atoms with van der Waals surface area (Å²) < 4.78 is 60.3. The van der Waals surface area contributed by atoms with Crippen molar-refractivity contribution in [3.05, 3.63) is 24.3 Å². The summed E-state index contributed by atoms with van der Waals surface area (Å²) in [6.07, 6.45) is 0. The van der Waals surface area contributed by atoms with E-state index in [0.29, 0.717) is 0 Å². The molecule has 0 unspecified atom stereocenters. The molecule has 0 saturated carbocycles. The quantitative estimate of drug-likeness (QED) is 0.265. The summed E-state index contributed by atoms with van der Waals surface area (Å²) in [6, 6.07) is 0. The van der Waals surface area contributed by atoms with Crippen LogP contribution in [0.1, 0.15) is 13.8 Å². The third kappa shape index (κ3) is 23.0. The summed E-state index contributed by atoms with van der Waals surface area (Å²) in [7, 11) is -8.48. The van der Waals surface area contributed by atoms with Gasteiger partial charge < -0.3 is 19.7 Å². The number of hydrogen-bond acceptors (Lipinski definition) is 8. The van der Waals surface area contributed by atoms with E-state index in [-0.39, 0.29) is 47.3 Å². The van der Waals surface area contributed by atoms with Crippen molar-refractivity contribution in [1.29, 1.82) is 0 Å². The van der Waals surface area contributed by atoms with Gasteiger partial charge in [-0.05, 0) is 13.8 Å². The van der Waals surface area contributed by atoms with Gasteiger partial charge >= 0.3 is 23.1 Å². The molecule has 0 aliphatic heterocycles. The molecule has 0 aliphatic carbocycles. The standard InChI is InChI=1S/2C6H11NO4S.Mg/c2*1-5(2)6(8)7-3-4-12(9,10)11;/h2*1,3-4H2,2H3,(H,7,8)(H,9,10,11);/q;;+2/p-2. The van der Waals surface area contributed by atoms with Gasteiger partial charge in [0.1, 0.15) is 0 Å². The molecule has 10 nitrogen and oxygen atoms in total. The van der Waals surface area contributed by atoms with Crippen LogP contribution in [0.2, 0.25) is 0 Å². The van der Waals surface area contributed by atoms with Crippen molar-refractivity contribution < 1.29 is 35.5 Å². The maximum Gasteiger partial charge on any atom is 2.00 e. The SMILES string of the molecule is C=C(C)C(=O)NCCS(=O)(=O)[O-].C=C(C)C(=O)NCCS(=O)(=O)[O-].[Mg+2]. The maximum absolute atomic E-state index is 10.7. The Morgan fingerprint density at radius 3 is 1.20 bits per heavy atom. The van der Waals surface area contributed by atoms with Gasteiger partial charge in [-0.1, -0.05) is 13.2 Å². The Hall–Kier alpha value is -0.994. The van der Waals surface area contributed by atoms with E-state index >= 15 is 0 Å². The molecule has 0 aromatic rings. The van der Waals surface area contributed by atoms with Crippen LogP contribution in [0.25, 0.3) is 0 Å². The van der Waals surface area contributed by atoms with Gasteiger partial charge in [0.25, 0.3) is 0 Å². The number of hydrogen-bond donors (Lipinski definition) is 2. The molecule has 25 heavy (non-hydrogen) atoms. The molecule has 2 N–H and O–H groups in total. The third-order valence-electron chi connectivity index (χ3n) is 2.05. The first-order valence-electron chi connectivity index (χ1n) is 6.40. The van der Waals surface area contributed by atoms with Crippen LogP contribution < -0.4 is 10.6 Å². The van der Waals surface area contributed by atoms with Crippen LogP contribution in [0.15, 0.2) is 24.3 Å². The van der Waals surface area contributed by atoms with Gasteiger partial charge in [0.05, 0.1) is 31.7 Å². The monoisotopic (exact) mass is 408 g/mol. The summed E-state index contributed by atoms with van der Waals surface area (Å²) in [5, 5.41) is 4.44. The normalized spacial score (nSPS) is 10.4. The molecule has 0 fully saturated rings. The van der Waals surface area contributed by atoms with Crippen LogP contribution in [0.3, 0.4) is 0 Å². The second kappa shape index (κ2) is 13.2. The van der Waals surface area contributed by atoms with Crippen molar-refractivity contribution >= 4 is 55.1 Å². The Labute approximate surface area is 163 Å². The zero-order chi connectivity index (χ0) is 19.6. The van der Waals surface area contributed by atoms with E-state index in [1.807, 2.05) is 0 Å². The molecule has 0 spiro atoms. The predicted octanol–water partition coefficient (Wildman–Crippen LogP) is -1.93. The van der Waals surface area contributed by atoms with Crippen molar-refractivity contribution in [2.24, 2.45) is 0 Å². The van der Waals surface area contributed by atoms with Gasteiger partial charge in [-0.3, -0.25) is 9.59 Å². The third-order valence-corrected chi connectivity index (χ3v) is 3.46. The minimum atomic E-state index is -4.24. The average Bonchev–Trinajstić information content (AvgIpc) is 2.35. The molecule has 140 valence electrons. The summed E-state index contributed by atoms with van der Waals surface area (Å²) >= 11 is 0. The van der Waals surface area contributed by atoms with Gasteiger partial charge in [-0.15, -0.1) is 0 Å². The minimum Gasteiger partial charge on any atom is -0.748 e. The second-order valence-corrected chi connectivity index (χ2v) is 7.64. The topological polar surface area (TPSA) is 173 Å². The van der Waals surface area contributed by atoms with Gasteiger partial charge in [-0.2, -0.15) is 0 Å². The molecular formula is C12H20MgN2O8S2. The van der Waals surface area contributed by atoms with E-state index in [1.54, 1.807) is 0 Å². The Morgan fingerprint density at radius 1 is 0.800 bits per heavy atom. The van der Waals surface area contributed by atoms with Crippen LogP contribution in [0.4, 0.5) is 0 Å². The molecular weight excluding hydrogens is 389 g/mol. The fraction of sp³-hybridized carbons (Fsp3) is 0.500. The first-order chi connectivity index (χ1) is 10.7. The van der Waals surface area contributed by atoms with E-state index in [9.17, 15) is 35.5 Å². The first-order valence-corrected chi connectivity index (χ1v) is 9.55. The van der Waals surface area contributed by atoms with Gasteiger partial charge in [0.15, 0.2) is 0 Å². The van der Waals surface area contributed by atoms with Gasteiger partial charge in [0, 0.05) is 24.2 Å². The second-order valence-electron chi connectivity index (χ2n) is 4.60. The Morgan fingerprint density at radius 2 is 1.04 bits per heavy atom. The molecule has 2 amide bonds. The van der Waals surface area contributed by atoms with Crippen LogP contribution in [0, 0.1) is 0 Å². The molecule has 0 aromatic carbocycles. The molecule has 0 aliphatic rings. The van der Waals surface area contributed by atoms with E-state index in [0.717, 1.165) is 0 Å². The number of nitrogens with one attached hydrogen (secondary N) is 2. The Balaban J connectivity index is -0.000000372. The molecule has 13 heteroatoms. The molecule has 0 heterocycles. The van der Waals surface area contributed by atoms with E-state index in [2.05, 4.69) is 23.8 Å². The van der Waals surface area contributed by atoms with Gasteiger partial charge in [-0.25, -0.2) is 16.8 Å². The average molecular weight is 409 g/mol. The van der Waals surface area contributed by atoms with Crippen molar-refractivity contribution in [2.75, 3.05) is 24.6 Å². The minimum absolute atomic E-state index is 0. The van der Waals surface area contributed by atoms with E-state index in [1.165, 1.54) is 13.8 Å². The molecule has 0 atom stereocenters. The van der Waals surface area contributed by atoms with Crippen molar-refractivity contribution in [3.63, 3.8) is 0 Å². The van der Waals surface area contributed by atoms with Crippen molar-refractivity contribution in [3.8, 4) is 0 Å². The van der Waals surface area contributed by atoms with Gasteiger partial charge in [0.2, 0.25) is 11.8 Å². The van der Waals surface area contributed by atoms with Crippen LogP contribution >= 0.6 is 0 Å². The molecule has 0 radical (unpaired) electrons. The maximum atomic E-state index is 10.7. The number of amides is 2. The van der Waals surface area contributed by atoms with Crippen LogP contribution in [-0.2, 0) is 29.8 Å². The summed E-state index contributed by atoms with van der Waals surface area (Å²) in [5.41, 5.74) is 0.552. The molecule has 0 bridgehead atoms. The summed E-state index contributed by atoms with van der Waals surface area (Å²) in [6.45, 7) is 9.30. The van der Waals surface area contributed by atoms with Crippen molar-refractivity contribution in [2.45, 2.75) is 13.8 Å². The molecule has 0 saturated heterocycles. The Bertz CT molecular complexity index is 626. The number of carbonyl (C=O) groups excluding carboxylic acids is 2. The van der Waals surface area contributed by atoms with E-state index in [4.69, 9.17) is 0 Å². The molecule has 0 rings (SSSR count). The van der Waals surface area contributed by atoms with Crippen LogP contribution in [-0.4, -0.2) is 85.4 Å².